The zero-order valence-corrected chi connectivity index (χ0v) is 7.31. The first-order valence-corrected chi connectivity index (χ1v) is 4.16. The zero-order valence-electron chi connectivity index (χ0n) is 7.31. The number of nitroso groups, excluding NO2 is 1. The van der Waals surface area contributed by atoms with Gasteiger partial charge in [-0.25, -0.2) is 0 Å². The van der Waals surface area contributed by atoms with Crippen LogP contribution in [0, 0.1) is 4.91 Å². The molecule has 0 unspecified atom stereocenters. The number of hydrogen-bond donors (Lipinski definition) is 0. The first kappa shape index (κ1) is 8.56. The number of nitrogens with zero attached hydrogens (tertiary/aromatic N) is 1. The molecule has 0 atom stereocenters. The van der Waals surface area contributed by atoms with Gasteiger partial charge < -0.3 is 0 Å². The second-order valence-electron chi connectivity index (χ2n) is 3.00. The molecular formula is C11H7NO2. The van der Waals surface area contributed by atoms with Gasteiger partial charge in [-0.3, -0.25) is 4.79 Å². The molecule has 0 aliphatic carbocycles. The van der Waals surface area contributed by atoms with E-state index in [0.717, 1.165) is 17.1 Å². The zero-order chi connectivity index (χ0) is 9.97. The van der Waals surface area contributed by atoms with Gasteiger partial charge in [0.2, 0.25) is 0 Å². The quantitative estimate of drug-likeness (QED) is 0.533. The van der Waals surface area contributed by atoms with Gasteiger partial charge in [-0.2, -0.15) is 0 Å². The van der Waals surface area contributed by atoms with Crippen LogP contribution in [0.3, 0.4) is 0 Å². The molecule has 0 saturated heterocycles. The van der Waals surface area contributed by atoms with E-state index in [1.807, 2.05) is 0 Å². The van der Waals surface area contributed by atoms with Crippen LogP contribution in [0.5, 0.6) is 0 Å². The van der Waals surface area contributed by atoms with E-state index in [0.29, 0.717) is 11.3 Å². The second kappa shape index (κ2) is 3.38. The van der Waals surface area contributed by atoms with Gasteiger partial charge in [0.05, 0.1) is 0 Å². The molecule has 0 heterocycles. The van der Waals surface area contributed by atoms with E-state index in [1.54, 1.807) is 36.4 Å². The van der Waals surface area contributed by atoms with E-state index >= 15 is 0 Å². The lowest BCUT2D eigenvalue weighted by Crippen LogP contribution is -1.79. The lowest BCUT2D eigenvalue weighted by Gasteiger charge is -1.98. The molecule has 3 nitrogen and oxygen atoms in total. The topological polar surface area (TPSA) is 46.5 Å². The van der Waals surface area contributed by atoms with E-state index in [2.05, 4.69) is 5.18 Å². The fourth-order valence-corrected chi connectivity index (χ4v) is 1.38. The van der Waals surface area contributed by atoms with E-state index in [9.17, 15) is 9.70 Å². The fraction of sp³-hybridized carbons (Fsp3) is 0. The molecule has 0 fully saturated rings. The maximum absolute atomic E-state index is 10.5. The van der Waals surface area contributed by atoms with Crippen LogP contribution in [0.25, 0.3) is 10.8 Å². The van der Waals surface area contributed by atoms with Gasteiger partial charge >= 0.3 is 0 Å². The summed E-state index contributed by atoms with van der Waals surface area (Å²) in [6.07, 6.45) is 0.797. The highest BCUT2D eigenvalue weighted by molar-refractivity contribution is 5.90. The molecule has 0 N–H and O–H groups in total. The van der Waals surface area contributed by atoms with Crippen molar-refractivity contribution in [1.29, 1.82) is 0 Å². The van der Waals surface area contributed by atoms with Crippen molar-refractivity contribution in [3.8, 4) is 0 Å². The Morgan fingerprint density at radius 2 is 1.71 bits per heavy atom. The van der Waals surface area contributed by atoms with E-state index in [4.69, 9.17) is 0 Å². The van der Waals surface area contributed by atoms with Gasteiger partial charge in [-0.05, 0) is 34.1 Å². The summed E-state index contributed by atoms with van der Waals surface area (Å²) < 4.78 is 0. The molecule has 14 heavy (non-hydrogen) atoms. The number of carbonyl (C=O) groups excluding carboxylic acids is 1. The normalized spacial score (nSPS) is 10.0. The lowest BCUT2D eigenvalue weighted by atomic mass is 10.1. The first-order valence-electron chi connectivity index (χ1n) is 4.16. The van der Waals surface area contributed by atoms with Crippen LogP contribution in [0.15, 0.2) is 41.6 Å². The van der Waals surface area contributed by atoms with Gasteiger partial charge in [0.15, 0.2) is 0 Å². The van der Waals surface area contributed by atoms with Gasteiger partial charge in [-0.15, -0.1) is 4.91 Å². The Hall–Kier alpha value is -2.03. The largest absolute Gasteiger partial charge is 0.298 e. The van der Waals surface area contributed by atoms with E-state index in [-0.39, 0.29) is 0 Å². The minimum atomic E-state index is 0.399. The molecule has 2 aromatic carbocycles. The SMILES string of the molecule is O=Cc1ccc2cc(N=O)ccc2c1. The Labute approximate surface area is 80.3 Å². The maximum atomic E-state index is 10.5. The molecule has 0 amide bonds. The van der Waals surface area contributed by atoms with E-state index in [1.165, 1.54) is 0 Å². The van der Waals surface area contributed by atoms with Gasteiger partial charge in [0.25, 0.3) is 0 Å². The molecule has 0 bridgehead atoms. The monoisotopic (exact) mass is 185 g/mol. The molecular weight excluding hydrogens is 178 g/mol. The summed E-state index contributed by atoms with van der Waals surface area (Å²) in [4.78, 5) is 20.8. The lowest BCUT2D eigenvalue weighted by molar-refractivity contribution is 0.112. The van der Waals surface area contributed by atoms with Crippen LogP contribution >= 0.6 is 0 Å². The summed E-state index contributed by atoms with van der Waals surface area (Å²) in [5.41, 5.74) is 1.03. The number of fused-ring (bicyclic) bond motifs is 1. The van der Waals surface area contributed by atoms with E-state index < -0.39 is 0 Å². The summed E-state index contributed by atoms with van der Waals surface area (Å²) in [5.74, 6) is 0. The fourth-order valence-electron chi connectivity index (χ4n) is 1.38. The molecule has 0 radical (unpaired) electrons. The molecule has 0 aliphatic rings. The van der Waals surface area contributed by atoms with Crippen LogP contribution in [0.1, 0.15) is 10.4 Å². The average molecular weight is 185 g/mol. The molecule has 0 aromatic heterocycles. The van der Waals surface area contributed by atoms with Crippen LogP contribution in [-0.2, 0) is 0 Å². The molecule has 2 rings (SSSR count). The molecule has 3 heteroatoms. The number of rotatable bonds is 2. The number of aldehydes is 1. The second-order valence-corrected chi connectivity index (χ2v) is 3.00. The predicted molar refractivity (Wildman–Crippen MR) is 54.8 cm³/mol. The Morgan fingerprint density at radius 1 is 1.00 bits per heavy atom. The summed E-state index contributed by atoms with van der Waals surface area (Å²) in [6.45, 7) is 0. The van der Waals surface area contributed by atoms with Crippen LogP contribution < -0.4 is 0 Å². The minimum Gasteiger partial charge on any atom is -0.298 e. The third kappa shape index (κ3) is 1.40. The smallest absolute Gasteiger partial charge is 0.150 e. The standard InChI is InChI=1S/C11H7NO2/c13-7-8-1-2-10-6-11(12-14)4-3-9(10)5-8/h1-7H. The van der Waals surface area contributed by atoms with Crippen molar-refractivity contribution in [2.45, 2.75) is 0 Å². The van der Waals surface area contributed by atoms with Crippen molar-refractivity contribution in [2.75, 3.05) is 0 Å². The van der Waals surface area contributed by atoms with Crippen molar-refractivity contribution in [2.24, 2.45) is 5.18 Å². The summed E-state index contributed by atoms with van der Waals surface area (Å²) in [7, 11) is 0. The predicted octanol–water partition coefficient (Wildman–Crippen LogP) is 3.05. The number of hydrogen-bond acceptors (Lipinski definition) is 3. The van der Waals surface area contributed by atoms with Gasteiger partial charge in [0.1, 0.15) is 12.0 Å². The summed E-state index contributed by atoms with van der Waals surface area (Å²) in [5, 5.41) is 4.69. The van der Waals surface area contributed by atoms with Crippen LogP contribution in [0.4, 0.5) is 5.69 Å². The first-order chi connectivity index (χ1) is 6.83. The highest BCUT2D eigenvalue weighted by atomic mass is 16.3. The Kier molecular flexibility index (Phi) is 2.07. The maximum Gasteiger partial charge on any atom is 0.150 e. The minimum absolute atomic E-state index is 0.399. The molecule has 68 valence electrons. The molecule has 0 aliphatic heterocycles. The van der Waals surface area contributed by atoms with Crippen molar-refractivity contribution in [1.82, 2.24) is 0 Å². The molecule has 2 aromatic rings. The van der Waals surface area contributed by atoms with Crippen LogP contribution in [-0.4, -0.2) is 6.29 Å². The molecule has 0 saturated carbocycles. The Morgan fingerprint density at radius 3 is 2.43 bits per heavy atom. The van der Waals surface area contributed by atoms with Gasteiger partial charge in [-0.1, -0.05) is 18.2 Å². The number of carbonyl (C=O) groups is 1. The Bertz CT molecular complexity index is 458. The molecule has 0 spiro atoms. The third-order valence-electron chi connectivity index (χ3n) is 2.09. The van der Waals surface area contributed by atoms with Crippen molar-refractivity contribution in [3.05, 3.63) is 46.9 Å². The van der Waals surface area contributed by atoms with Gasteiger partial charge in [0, 0.05) is 5.56 Å². The summed E-state index contributed by atoms with van der Waals surface area (Å²) >= 11 is 0. The average Bonchev–Trinajstić information content (AvgIpc) is 2.27. The third-order valence-corrected chi connectivity index (χ3v) is 2.09. The van der Waals surface area contributed by atoms with Crippen molar-refractivity contribution >= 4 is 22.7 Å². The summed E-state index contributed by atoms with van der Waals surface area (Å²) in [6, 6.07) is 10.4. The Balaban J connectivity index is 2.68. The highest BCUT2D eigenvalue weighted by Gasteiger charge is 1.97. The van der Waals surface area contributed by atoms with Crippen LogP contribution in [0.2, 0.25) is 0 Å². The van der Waals surface area contributed by atoms with Crippen molar-refractivity contribution < 1.29 is 4.79 Å². The number of benzene rings is 2. The highest BCUT2D eigenvalue weighted by Crippen LogP contribution is 2.21. The van der Waals surface area contributed by atoms with Crippen molar-refractivity contribution in [3.63, 3.8) is 0 Å².